The monoisotopic (exact) mass is 318 g/mol. The fourth-order valence-corrected chi connectivity index (χ4v) is 2.46. The second-order valence-corrected chi connectivity index (χ2v) is 5.21. The minimum atomic E-state index is -4.47. The van der Waals surface area contributed by atoms with Gasteiger partial charge in [-0.15, -0.1) is 0 Å². The Balaban J connectivity index is 1.46. The van der Waals surface area contributed by atoms with E-state index in [9.17, 15) is 18.0 Å². The lowest BCUT2D eigenvalue weighted by Gasteiger charge is -2.07. The molecule has 0 unspecified atom stereocenters. The smallest absolute Gasteiger partial charge is 0.359 e. The molecule has 116 valence electrons. The Morgan fingerprint density at radius 3 is 2.83 bits per heavy atom. The van der Waals surface area contributed by atoms with Gasteiger partial charge in [0.1, 0.15) is 11.4 Å². The normalized spacial score (nSPS) is 12.5. The molecule has 0 aromatic carbocycles. The molecule has 2 N–H and O–H groups in total. The first kappa shape index (κ1) is 13.7. The number of carbonyl (C=O) groups is 1. The van der Waals surface area contributed by atoms with Gasteiger partial charge in [0, 0.05) is 24.3 Å². The van der Waals surface area contributed by atoms with E-state index in [2.05, 4.69) is 20.3 Å². The number of nitrogens with one attached hydrogen (secondary N) is 2. The van der Waals surface area contributed by atoms with Crippen LogP contribution < -0.4 is 5.32 Å². The molecule has 1 aliphatic carbocycles. The van der Waals surface area contributed by atoms with Gasteiger partial charge >= 0.3 is 6.18 Å². The fraction of sp³-hybridized carbons (Fsp3) is 0.133. The zero-order valence-corrected chi connectivity index (χ0v) is 11.5. The highest BCUT2D eigenvalue weighted by atomic mass is 19.4. The van der Waals surface area contributed by atoms with Gasteiger partial charge in [-0.25, -0.2) is 4.98 Å². The summed E-state index contributed by atoms with van der Waals surface area (Å²) in [6.45, 7) is 0.0987. The van der Waals surface area contributed by atoms with Gasteiger partial charge in [-0.3, -0.25) is 9.78 Å². The molecule has 0 atom stereocenters. The summed E-state index contributed by atoms with van der Waals surface area (Å²) in [5, 5.41) is 3.47. The average Bonchev–Trinajstić information content (AvgIpc) is 2.99. The summed E-state index contributed by atoms with van der Waals surface area (Å²) < 4.78 is 37.3. The first-order valence-corrected chi connectivity index (χ1v) is 6.76. The number of hydrogen-bond acceptors (Lipinski definition) is 3. The van der Waals surface area contributed by atoms with Crippen LogP contribution in [0, 0.1) is 0 Å². The maximum absolute atomic E-state index is 12.4. The number of hydrogen-bond donors (Lipinski definition) is 2. The first-order chi connectivity index (χ1) is 10.9. The van der Waals surface area contributed by atoms with Crippen molar-refractivity contribution in [3.8, 4) is 11.4 Å². The molecule has 1 amide bonds. The third kappa shape index (κ3) is 2.32. The van der Waals surface area contributed by atoms with E-state index in [1.807, 2.05) is 6.07 Å². The van der Waals surface area contributed by atoms with Crippen LogP contribution in [0.25, 0.3) is 22.3 Å². The third-order valence-electron chi connectivity index (χ3n) is 3.68. The van der Waals surface area contributed by atoms with Crippen LogP contribution in [0.3, 0.4) is 0 Å². The van der Waals surface area contributed by atoms with Crippen molar-refractivity contribution in [1.82, 2.24) is 20.3 Å². The number of rotatable bonds is 3. The highest BCUT2D eigenvalue weighted by Crippen LogP contribution is 2.38. The minimum Gasteiger partial charge on any atom is -0.359 e. The molecule has 8 heteroatoms. The number of carbonyl (C=O) groups excluding carboxylic acids is 1. The number of pyridine rings is 2. The average molecular weight is 318 g/mol. The number of amides is 1. The van der Waals surface area contributed by atoms with Gasteiger partial charge in [0.2, 0.25) is 0 Å². The highest BCUT2D eigenvalue weighted by Gasteiger charge is 2.32. The molecule has 0 saturated carbocycles. The van der Waals surface area contributed by atoms with Crippen LogP contribution >= 0.6 is 0 Å². The predicted octanol–water partition coefficient (Wildman–Crippen LogP) is 2.89. The van der Waals surface area contributed by atoms with Crippen LogP contribution in [0.1, 0.15) is 21.6 Å². The summed E-state index contributed by atoms with van der Waals surface area (Å²) in [7, 11) is 0. The van der Waals surface area contributed by atoms with Crippen molar-refractivity contribution >= 4 is 16.8 Å². The number of fused-ring (bicyclic) bond motifs is 3. The minimum absolute atomic E-state index is 0.0987. The molecule has 5 nitrogen and oxygen atoms in total. The van der Waals surface area contributed by atoms with Crippen molar-refractivity contribution in [3.05, 3.63) is 47.4 Å². The molecule has 4 rings (SSSR count). The van der Waals surface area contributed by atoms with Gasteiger partial charge in [-0.1, -0.05) is 6.07 Å². The quantitative estimate of drug-likeness (QED) is 0.610. The summed E-state index contributed by atoms with van der Waals surface area (Å²) in [5.74, 6) is -0.304. The largest absolute Gasteiger partial charge is 0.433 e. The number of nitrogens with zero attached hydrogens (tertiary/aromatic N) is 2. The number of aromatic amines is 1. The second kappa shape index (κ2) is 4.55. The molecule has 0 saturated heterocycles. The zero-order valence-electron chi connectivity index (χ0n) is 11.5. The van der Waals surface area contributed by atoms with E-state index in [-0.39, 0.29) is 12.5 Å². The van der Waals surface area contributed by atoms with Crippen LogP contribution in [-0.2, 0) is 12.7 Å². The van der Waals surface area contributed by atoms with Crippen molar-refractivity contribution in [2.24, 2.45) is 0 Å². The third-order valence-corrected chi connectivity index (χ3v) is 3.68. The summed E-state index contributed by atoms with van der Waals surface area (Å²) in [6.07, 6.45) is -1.76. The van der Waals surface area contributed by atoms with E-state index in [4.69, 9.17) is 0 Å². The van der Waals surface area contributed by atoms with Crippen LogP contribution in [-0.4, -0.2) is 20.9 Å². The summed E-state index contributed by atoms with van der Waals surface area (Å²) >= 11 is 0. The highest BCUT2D eigenvalue weighted by molar-refractivity contribution is 6.13. The second-order valence-electron chi connectivity index (χ2n) is 5.21. The Kier molecular flexibility index (Phi) is 2.72. The van der Waals surface area contributed by atoms with E-state index in [1.165, 1.54) is 6.07 Å². The van der Waals surface area contributed by atoms with Crippen molar-refractivity contribution in [1.29, 1.82) is 0 Å². The van der Waals surface area contributed by atoms with Crippen molar-refractivity contribution in [2.75, 3.05) is 0 Å². The maximum Gasteiger partial charge on any atom is 0.433 e. The molecule has 0 spiro atoms. The van der Waals surface area contributed by atoms with Crippen LogP contribution in [0.2, 0.25) is 0 Å². The van der Waals surface area contributed by atoms with Gasteiger partial charge in [-0.2, -0.15) is 13.2 Å². The molecular formula is C15H9F3N4O. The Morgan fingerprint density at radius 1 is 1.30 bits per heavy atom. The molecule has 0 fully saturated rings. The summed E-state index contributed by atoms with van der Waals surface area (Å²) in [6, 6.07) is 4.02. The molecule has 0 radical (unpaired) electrons. The van der Waals surface area contributed by atoms with Crippen LogP contribution in [0.5, 0.6) is 0 Å². The fourth-order valence-electron chi connectivity index (χ4n) is 2.46. The van der Waals surface area contributed by atoms with Crippen LogP contribution in [0.4, 0.5) is 13.2 Å². The Hall–Kier alpha value is -2.90. The van der Waals surface area contributed by atoms with Gasteiger partial charge in [-0.05, 0) is 17.7 Å². The van der Waals surface area contributed by atoms with E-state index in [0.717, 1.165) is 34.6 Å². The SMILES string of the molecule is O=C(NCc1ccc(C(F)(F)F)nc1)c1c[nH]c2c3nc-3cc12. The van der Waals surface area contributed by atoms with Gasteiger partial charge in [0.05, 0.1) is 16.8 Å². The van der Waals surface area contributed by atoms with Gasteiger partial charge in [0.25, 0.3) is 5.91 Å². The molecular weight excluding hydrogens is 309 g/mol. The first-order valence-electron chi connectivity index (χ1n) is 6.76. The van der Waals surface area contributed by atoms with E-state index in [1.54, 1.807) is 6.20 Å². The lowest BCUT2D eigenvalue weighted by atomic mass is 10.2. The Labute approximate surface area is 127 Å². The van der Waals surface area contributed by atoms with E-state index < -0.39 is 11.9 Å². The standard InChI is InChI=1S/C15H9F3N4O/c16-15(17,18)11-2-1-7(4-19-11)5-21-14(23)9-6-20-12-8(9)3-10-13(12)22-10/h1-4,6,20H,5H2,(H,21,23). The molecule has 1 aliphatic heterocycles. The Morgan fingerprint density at radius 2 is 2.13 bits per heavy atom. The summed E-state index contributed by atoms with van der Waals surface area (Å²) in [4.78, 5) is 22.7. The number of aromatic nitrogens is 3. The maximum atomic E-state index is 12.4. The van der Waals surface area contributed by atoms with E-state index >= 15 is 0 Å². The topological polar surface area (TPSA) is 70.7 Å². The lowest BCUT2D eigenvalue weighted by Crippen LogP contribution is -2.22. The van der Waals surface area contributed by atoms with Crippen molar-refractivity contribution < 1.29 is 18.0 Å². The molecule has 2 aliphatic rings. The molecule has 2 aromatic rings. The molecule has 3 heterocycles. The van der Waals surface area contributed by atoms with Gasteiger partial charge in [0.15, 0.2) is 0 Å². The van der Waals surface area contributed by atoms with Crippen molar-refractivity contribution in [3.63, 3.8) is 0 Å². The van der Waals surface area contributed by atoms with Crippen LogP contribution in [0.15, 0.2) is 30.6 Å². The number of alkyl halides is 3. The molecule has 2 aromatic heterocycles. The summed E-state index contributed by atoms with van der Waals surface area (Å²) in [5.41, 5.74) is 2.62. The number of halogens is 3. The Bertz CT molecular complexity index is 928. The lowest BCUT2D eigenvalue weighted by molar-refractivity contribution is -0.141. The molecule has 0 bridgehead atoms. The zero-order chi connectivity index (χ0) is 16.2. The van der Waals surface area contributed by atoms with E-state index in [0.29, 0.717) is 11.1 Å². The number of H-pyrrole nitrogens is 1. The van der Waals surface area contributed by atoms with Gasteiger partial charge < -0.3 is 10.3 Å². The van der Waals surface area contributed by atoms with Crippen molar-refractivity contribution in [2.45, 2.75) is 12.7 Å². The molecule has 23 heavy (non-hydrogen) atoms. The predicted molar refractivity (Wildman–Crippen MR) is 75.5 cm³/mol.